The molecule has 0 spiro atoms. The summed E-state index contributed by atoms with van der Waals surface area (Å²) in [6, 6.07) is 11.3. The molecule has 2 aromatic carbocycles. The number of pyridine rings is 1. The Kier molecular flexibility index (Phi) is 5.18. The van der Waals surface area contributed by atoms with Gasteiger partial charge in [0.25, 0.3) is 5.69 Å². The Hall–Kier alpha value is -4.02. The first-order valence-corrected chi connectivity index (χ1v) is 10.7. The average molecular weight is 495 g/mol. The highest BCUT2D eigenvalue weighted by atomic mass is 35.5. The number of aromatic nitrogens is 5. The van der Waals surface area contributed by atoms with Crippen LogP contribution in [0.3, 0.4) is 0 Å². The van der Waals surface area contributed by atoms with Crippen molar-refractivity contribution in [2.24, 2.45) is 0 Å². The summed E-state index contributed by atoms with van der Waals surface area (Å²) in [7, 11) is 3.65. The predicted octanol–water partition coefficient (Wildman–Crippen LogP) is 4.89. The van der Waals surface area contributed by atoms with Crippen molar-refractivity contribution < 1.29 is 4.92 Å². The number of nitrogens with two attached hydrogens (primary N) is 1. The molecule has 3 aromatic heterocycles. The number of fused-ring (bicyclic) bond motifs is 3. The van der Waals surface area contributed by atoms with Crippen molar-refractivity contribution >= 4 is 62.5 Å². The Morgan fingerprint density at radius 1 is 1.06 bits per heavy atom. The lowest BCUT2D eigenvalue weighted by Crippen LogP contribution is -2.15. The van der Waals surface area contributed by atoms with Crippen LogP contribution in [0.25, 0.3) is 38.9 Å². The van der Waals surface area contributed by atoms with E-state index in [4.69, 9.17) is 39.0 Å². The number of nitrogens with zero attached hydrogens (tertiary/aromatic N) is 7. The molecule has 0 aliphatic carbocycles. The summed E-state index contributed by atoms with van der Waals surface area (Å²) in [6.07, 6.45) is 1.35. The topological polar surface area (TPSA) is 129 Å². The molecule has 0 amide bonds. The minimum Gasteiger partial charge on any atom is -0.383 e. The van der Waals surface area contributed by atoms with Crippen LogP contribution < -0.4 is 10.6 Å². The third-order valence-corrected chi connectivity index (χ3v) is 5.89. The Balaban J connectivity index is 1.97. The van der Waals surface area contributed by atoms with Crippen LogP contribution in [0.5, 0.6) is 0 Å². The van der Waals surface area contributed by atoms with Gasteiger partial charge < -0.3 is 10.6 Å². The number of hydrogen-bond donors (Lipinski definition) is 1. The Morgan fingerprint density at radius 3 is 2.47 bits per heavy atom. The van der Waals surface area contributed by atoms with E-state index in [0.29, 0.717) is 44.2 Å². The number of non-ortho nitro benzene ring substituents is 1. The van der Waals surface area contributed by atoms with Gasteiger partial charge in [-0.1, -0.05) is 35.3 Å². The number of nitro groups is 1. The standard InChI is InChI=1S/C22H16Cl2N8O2/c1-30(2)22-16-17-20(25)26-10-27-21(17)28-18(11-3-5-12(23)6-4-11)19(16)29-31(22)15-9-13(32(33)34)7-8-14(15)24/h3-10H,1-2H3,(H2,25,26,27). The third kappa shape index (κ3) is 3.44. The Bertz CT molecular complexity index is 1600. The van der Waals surface area contributed by atoms with Crippen molar-refractivity contribution in [3.05, 3.63) is 69.0 Å². The zero-order chi connectivity index (χ0) is 24.1. The average Bonchev–Trinajstić information content (AvgIpc) is 3.20. The molecule has 5 aromatic rings. The van der Waals surface area contributed by atoms with E-state index in [-0.39, 0.29) is 16.5 Å². The summed E-state index contributed by atoms with van der Waals surface area (Å²) in [6.45, 7) is 0. The maximum atomic E-state index is 11.4. The van der Waals surface area contributed by atoms with Crippen LogP contribution in [-0.4, -0.2) is 43.8 Å². The van der Waals surface area contributed by atoms with E-state index in [1.54, 1.807) is 16.8 Å². The fraction of sp³-hybridized carbons (Fsp3) is 0.0909. The molecule has 0 saturated heterocycles. The maximum absolute atomic E-state index is 11.4. The van der Waals surface area contributed by atoms with Gasteiger partial charge in [0.2, 0.25) is 0 Å². The maximum Gasteiger partial charge on any atom is 0.271 e. The highest BCUT2D eigenvalue weighted by Gasteiger charge is 2.25. The third-order valence-electron chi connectivity index (χ3n) is 5.32. The molecule has 0 unspecified atom stereocenters. The Morgan fingerprint density at radius 2 is 1.79 bits per heavy atom. The summed E-state index contributed by atoms with van der Waals surface area (Å²) in [4.78, 5) is 26.0. The SMILES string of the molecule is CN(C)c1c2c(nn1-c1cc([N+](=O)[O-])ccc1Cl)c(-c1ccc(Cl)cc1)nc1ncnc(N)c12. The fourth-order valence-electron chi connectivity index (χ4n) is 3.85. The molecule has 3 heterocycles. The van der Waals surface area contributed by atoms with Crippen LogP contribution in [0.4, 0.5) is 17.3 Å². The van der Waals surface area contributed by atoms with Crippen molar-refractivity contribution in [2.45, 2.75) is 0 Å². The van der Waals surface area contributed by atoms with Gasteiger partial charge in [0.1, 0.15) is 29.2 Å². The van der Waals surface area contributed by atoms with E-state index < -0.39 is 4.92 Å². The van der Waals surface area contributed by atoms with Gasteiger partial charge in [0.15, 0.2) is 5.65 Å². The summed E-state index contributed by atoms with van der Waals surface area (Å²) < 4.78 is 1.55. The van der Waals surface area contributed by atoms with E-state index in [2.05, 4.69) is 9.97 Å². The van der Waals surface area contributed by atoms with E-state index in [9.17, 15) is 10.1 Å². The number of anilines is 2. The lowest BCUT2D eigenvalue weighted by Gasteiger charge is -2.17. The number of benzene rings is 2. The molecule has 10 nitrogen and oxygen atoms in total. The smallest absolute Gasteiger partial charge is 0.271 e. The molecule has 170 valence electrons. The van der Waals surface area contributed by atoms with Crippen molar-refractivity contribution in [3.63, 3.8) is 0 Å². The molecule has 5 rings (SSSR count). The second-order valence-corrected chi connectivity index (χ2v) is 8.51. The van der Waals surface area contributed by atoms with Gasteiger partial charge in [0, 0.05) is 36.8 Å². The Labute approximate surface area is 202 Å². The molecule has 0 bridgehead atoms. The number of nitro benzene ring substituents is 1. The van der Waals surface area contributed by atoms with Crippen molar-refractivity contribution in [1.29, 1.82) is 0 Å². The zero-order valence-corrected chi connectivity index (χ0v) is 19.4. The van der Waals surface area contributed by atoms with Gasteiger partial charge in [-0.25, -0.2) is 19.6 Å². The number of nitrogen functional groups attached to an aromatic ring is 1. The van der Waals surface area contributed by atoms with E-state index in [1.807, 2.05) is 31.1 Å². The first-order chi connectivity index (χ1) is 16.3. The molecule has 0 saturated carbocycles. The molecular formula is C22H16Cl2N8O2. The monoisotopic (exact) mass is 494 g/mol. The quantitative estimate of drug-likeness (QED) is 0.276. The van der Waals surface area contributed by atoms with E-state index in [1.165, 1.54) is 24.5 Å². The molecule has 2 N–H and O–H groups in total. The van der Waals surface area contributed by atoms with Gasteiger partial charge in [-0.15, -0.1) is 0 Å². The minimum absolute atomic E-state index is 0.118. The van der Waals surface area contributed by atoms with Crippen molar-refractivity contribution in [1.82, 2.24) is 24.7 Å². The molecule has 0 aliphatic rings. The molecule has 0 atom stereocenters. The second kappa shape index (κ2) is 8.08. The van der Waals surface area contributed by atoms with Gasteiger partial charge >= 0.3 is 0 Å². The molecule has 0 fully saturated rings. The summed E-state index contributed by atoms with van der Waals surface area (Å²) in [5.41, 5.74) is 8.67. The lowest BCUT2D eigenvalue weighted by molar-refractivity contribution is -0.384. The zero-order valence-electron chi connectivity index (χ0n) is 17.9. The van der Waals surface area contributed by atoms with Crippen molar-refractivity contribution in [2.75, 3.05) is 24.7 Å². The highest BCUT2D eigenvalue weighted by Crippen LogP contribution is 2.41. The van der Waals surface area contributed by atoms with Crippen LogP contribution in [0.2, 0.25) is 10.0 Å². The van der Waals surface area contributed by atoms with Crippen LogP contribution >= 0.6 is 23.2 Å². The van der Waals surface area contributed by atoms with E-state index >= 15 is 0 Å². The largest absolute Gasteiger partial charge is 0.383 e. The first-order valence-electron chi connectivity index (χ1n) is 9.96. The minimum atomic E-state index is -0.486. The lowest BCUT2D eigenvalue weighted by atomic mass is 10.1. The molecule has 0 radical (unpaired) electrons. The number of halogens is 2. The molecule has 34 heavy (non-hydrogen) atoms. The fourth-order valence-corrected chi connectivity index (χ4v) is 4.17. The van der Waals surface area contributed by atoms with Crippen molar-refractivity contribution in [3.8, 4) is 16.9 Å². The van der Waals surface area contributed by atoms with Gasteiger partial charge in [-0.3, -0.25) is 10.1 Å². The second-order valence-electron chi connectivity index (χ2n) is 7.67. The van der Waals surface area contributed by atoms with Gasteiger partial charge in [-0.2, -0.15) is 5.10 Å². The van der Waals surface area contributed by atoms with Crippen LogP contribution in [0.1, 0.15) is 0 Å². The van der Waals surface area contributed by atoms with Crippen LogP contribution in [0.15, 0.2) is 48.8 Å². The first kappa shape index (κ1) is 21.8. The van der Waals surface area contributed by atoms with Gasteiger partial charge in [-0.05, 0) is 18.2 Å². The van der Waals surface area contributed by atoms with Crippen LogP contribution in [-0.2, 0) is 0 Å². The summed E-state index contributed by atoms with van der Waals surface area (Å²) >= 11 is 12.6. The molecule has 0 aliphatic heterocycles. The molecule has 12 heteroatoms. The number of hydrogen-bond acceptors (Lipinski definition) is 8. The van der Waals surface area contributed by atoms with E-state index in [0.717, 1.165) is 5.56 Å². The van der Waals surface area contributed by atoms with Crippen LogP contribution in [0, 0.1) is 10.1 Å². The summed E-state index contributed by atoms with van der Waals surface area (Å²) in [5, 5.41) is 18.3. The normalized spacial score (nSPS) is 11.3. The highest BCUT2D eigenvalue weighted by molar-refractivity contribution is 6.32. The van der Waals surface area contributed by atoms with Gasteiger partial charge in [0.05, 0.1) is 26.4 Å². The molecular weight excluding hydrogens is 479 g/mol. The predicted molar refractivity (Wildman–Crippen MR) is 133 cm³/mol. The number of rotatable bonds is 4. The summed E-state index contributed by atoms with van der Waals surface area (Å²) in [5.74, 6) is 0.819.